The molecule has 1 aromatic carbocycles. The zero-order valence-corrected chi connectivity index (χ0v) is 17.3. The molecule has 0 amide bonds. The summed E-state index contributed by atoms with van der Waals surface area (Å²) in [5, 5.41) is 0.948. The van der Waals surface area contributed by atoms with E-state index in [1.807, 2.05) is 24.3 Å². The van der Waals surface area contributed by atoms with Crippen molar-refractivity contribution in [2.45, 2.75) is 42.4 Å². The summed E-state index contributed by atoms with van der Waals surface area (Å²) in [6, 6.07) is 9.21. The summed E-state index contributed by atoms with van der Waals surface area (Å²) in [6.45, 7) is 4.66. The van der Waals surface area contributed by atoms with Crippen molar-refractivity contribution < 1.29 is 0 Å². The van der Waals surface area contributed by atoms with Crippen LogP contribution in [0.5, 0.6) is 0 Å². The van der Waals surface area contributed by atoms with Crippen LogP contribution in [0, 0.1) is 0 Å². The second-order valence-electron chi connectivity index (χ2n) is 6.03. The predicted molar refractivity (Wildman–Crippen MR) is 113 cm³/mol. The van der Waals surface area contributed by atoms with Crippen molar-refractivity contribution >= 4 is 40.8 Å². The topological polar surface area (TPSA) is 62.1 Å². The minimum atomic E-state index is -0.121. The van der Waals surface area contributed by atoms with E-state index in [-0.39, 0.29) is 5.56 Å². The summed E-state index contributed by atoms with van der Waals surface area (Å²) in [5.41, 5.74) is 5.47. The Morgan fingerprint density at radius 1 is 1.08 bits per heavy atom. The minimum absolute atomic E-state index is 0.121. The number of nitrogens with zero attached hydrogens (tertiary/aromatic N) is 1. The minimum Gasteiger partial charge on any atom is -0.358 e. The van der Waals surface area contributed by atoms with Crippen molar-refractivity contribution in [2.75, 3.05) is 24.5 Å². The Bertz CT molecular complexity index is 767. The fraction of sp³-hybridized carbons (Fsp3) is 0.421. The average molecular weight is 414 g/mol. The molecule has 0 fully saturated rings. The molecule has 0 unspecified atom stereocenters. The van der Waals surface area contributed by atoms with Gasteiger partial charge in [0, 0.05) is 18.0 Å². The molecule has 0 aliphatic heterocycles. The van der Waals surface area contributed by atoms with Gasteiger partial charge >= 0.3 is 0 Å². The normalized spacial score (nSPS) is 10.9. The molecule has 0 spiro atoms. The van der Waals surface area contributed by atoms with Crippen molar-refractivity contribution in [1.29, 1.82) is 0 Å². The van der Waals surface area contributed by atoms with Gasteiger partial charge in [0.2, 0.25) is 0 Å². The number of nitrogens with two attached hydrogens (primary N) is 1. The highest BCUT2D eigenvalue weighted by Gasteiger charge is 2.12. The largest absolute Gasteiger partial charge is 0.358 e. The molecule has 0 atom stereocenters. The van der Waals surface area contributed by atoms with Gasteiger partial charge in [0.05, 0.1) is 14.9 Å². The van der Waals surface area contributed by atoms with Crippen molar-refractivity contribution in [3.63, 3.8) is 0 Å². The fourth-order valence-electron chi connectivity index (χ4n) is 2.54. The Balaban J connectivity index is 2.17. The molecular formula is C19H25Cl2N3OS. The van der Waals surface area contributed by atoms with Crippen LogP contribution in [0.25, 0.3) is 0 Å². The highest BCUT2D eigenvalue weighted by molar-refractivity contribution is 7.99. The molecule has 7 heteroatoms. The van der Waals surface area contributed by atoms with Crippen LogP contribution in [0.2, 0.25) is 10.0 Å². The van der Waals surface area contributed by atoms with Crippen molar-refractivity contribution in [1.82, 2.24) is 4.98 Å². The first-order valence-electron chi connectivity index (χ1n) is 8.87. The number of halogens is 2. The van der Waals surface area contributed by atoms with Gasteiger partial charge in [-0.15, -0.1) is 0 Å². The van der Waals surface area contributed by atoms with Crippen molar-refractivity contribution in [3.05, 3.63) is 50.7 Å². The molecule has 0 bridgehead atoms. The lowest BCUT2D eigenvalue weighted by molar-refractivity contribution is 0.657. The van der Waals surface area contributed by atoms with Gasteiger partial charge in [0.1, 0.15) is 5.82 Å². The van der Waals surface area contributed by atoms with E-state index in [0.717, 1.165) is 49.5 Å². The van der Waals surface area contributed by atoms with Crippen LogP contribution < -0.4 is 16.2 Å². The monoisotopic (exact) mass is 413 g/mol. The van der Waals surface area contributed by atoms with Crippen LogP contribution in [0.3, 0.4) is 0 Å². The number of aromatic amines is 1. The van der Waals surface area contributed by atoms with Crippen molar-refractivity contribution in [3.8, 4) is 0 Å². The Morgan fingerprint density at radius 2 is 1.85 bits per heavy atom. The summed E-state index contributed by atoms with van der Waals surface area (Å²) >= 11 is 13.6. The number of anilines is 1. The highest BCUT2D eigenvalue weighted by Crippen LogP contribution is 2.35. The third kappa shape index (κ3) is 5.95. The summed E-state index contributed by atoms with van der Waals surface area (Å²) in [4.78, 5) is 19.1. The maximum Gasteiger partial charge on any atom is 0.263 e. The Hall–Kier alpha value is -1.14. The smallest absolute Gasteiger partial charge is 0.263 e. The third-order valence-corrected chi connectivity index (χ3v) is 6.03. The molecule has 1 aromatic heterocycles. The van der Waals surface area contributed by atoms with Crippen LogP contribution in [0.4, 0.5) is 5.82 Å². The molecule has 2 rings (SSSR count). The van der Waals surface area contributed by atoms with Gasteiger partial charge in [-0.2, -0.15) is 0 Å². The van der Waals surface area contributed by atoms with Gasteiger partial charge in [-0.1, -0.05) is 54.4 Å². The number of nitrogens with one attached hydrogen (secondary N) is 1. The summed E-state index contributed by atoms with van der Waals surface area (Å²) < 4.78 is 0. The molecule has 0 aliphatic rings. The molecule has 3 N–H and O–H groups in total. The lowest BCUT2D eigenvalue weighted by Crippen LogP contribution is -2.28. The molecule has 4 nitrogen and oxygen atoms in total. The Labute approximate surface area is 169 Å². The number of hydrogen-bond acceptors (Lipinski definition) is 4. The first-order valence-corrected chi connectivity index (χ1v) is 10.4. The zero-order valence-electron chi connectivity index (χ0n) is 14.9. The number of H-pyrrole nitrogens is 1. The molecule has 0 radical (unpaired) electrons. The van der Waals surface area contributed by atoms with Gasteiger partial charge in [-0.25, -0.2) is 0 Å². The molecule has 142 valence electrons. The van der Waals surface area contributed by atoms with Crippen LogP contribution in [-0.4, -0.2) is 24.6 Å². The average Bonchev–Trinajstić information content (AvgIpc) is 2.63. The molecule has 0 aliphatic carbocycles. The maximum atomic E-state index is 12.5. The van der Waals surface area contributed by atoms with Crippen molar-refractivity contribution in [2.24, 2.45) is 5.73 Å². The van der Waals surface area contributed by atoms with E-state index in [1.165, 1.54) is 11.8 Å². The maximum absolute atomic E-state index is 12.5. The molecule has 2 aromatic rings. The number of hydrogen-bond donors (Lipinski definition) is 2. The van der Waals surface area contributed by atoms with E-state index < -0.39 is 0 Å². The van der Waals surface area contributed by atoms with Gasteiger partial charge in [0.15, 0.2) is 0 Å². The third-order valence-electron chi connectivity index (χ3n) is 4.00. The number of unbranched alkanes of at least 4 members (excludes halogenated alkanes) is 2. The zero-order chi connectivity index (χ0) is 18.9. The van der Waals surface area contributed by atoms with Crippen LogP contribution in [0.15, 0.2) is 44.9 Å². The first-order chi connectivity index (χ1) is 12.6. The summed E-state index contributed by atoms with van der Waals surface area (Å²) in [6.07, 6.45) is 4.18. The first kappa shape index (κ1) is 21.2. The van der Waals surface area contributed by atoms with Crippen LogP contribution in [0.1, 0.15) is 32.6 Å². The summed E-state index contributed by atoms with van der Waals surface area (Å²) in [7, 11) is 0. The quantitative estimate of drug-likeness (QED) is 0.526. The summed E-state index contributed by atoms with van der Waals surface area (Å²) in [5.74, 6) is 0.849. The van der Waals surface area contributed by atoms with Gasteiger partial charge in [0.25, 0.3) is 5.56 Å². The van der Waals surface area contributed by atoms with Gasteiger partial charge in [-0.3, -0.25) is 4.79 Å². The van der Waals surface area contributed by atoms with E-state index in [1.54, 1.807) is 6.07 Å². The van der Waals surface area contributed by atoms with Crippen LogP contribution in [-0.2, 0) is 0 Å². The van der Waals surface area contributed by atoms with E-state index in [4.69, 9.17) is 28.9 Å². The van der Waals surface area contributed by atoms with Crippen LogP contribution >= 0.6 is 35.0 Å². The second kappa shape index (κ2) is 10.9. The van der Waals surface area contributed by atoms with E-state index in [0.29, 0.717) is 21.5 Å². The highest BCUT2D eigenvalue weighted by atomic mass is 35.5. The molecule has 0 saturated carbocycles. The lowest BCUT2D eigenvalue weighted by atomic mass is 10.2. The molecule has 26 heavy (non-hydrogen) atoms. The number of pyridine rings is 1. The molecular weight excluding hydrogens is 389 g/mol. The Kier molecular flexibility index (Phi) is 8.85. The van der Waals surface area contributed by atoms with E-state index in [9.17, 15) is 4.79 Å². The lowest BCUT2D eigenvalue weighted by Gasteiger charge is -2.24. The SMILES string of the molecule is CCCCN(CCCCN)c1ccc(Sc2cccc(Cl)c2Cl)c(=O)[nH]1. The molecule has 1 heterocycles. The fourth-order valence-corrected chi connectivity index (χ4v) is 3.88. The number of benzene rings is 1. The second-order valence-corrected chi connectivity index (χ2v) is 7.90. The predicted octanol–water partition coefficient (Wildman–Crippen LogP) is 5.18. The standard InChI is InChI=1S/C19H25Cl2N3OS/c1-2-3-12-24(13-5-4-11-22)17-10-9-16(19(25)23-17)26-15-8-6-7-14(20)18(15)21/h6-10H,2-5,11-13,22H2,1H3,(H,23,25). The number of rotatable bonds is 10. The molecule has 0 saturated heterocycles. The Morgan fingerprint density at radius 3 is 2.54 bits per heavy atom. The van der Waals surface area contributed by atoms with Gasteiger partial charge < -0.3 is 15.6 Å². The number of aromatic nitrogens is 1. The van der Waals surface area contributed by atoms with E-state index >= 15 is 0 Å². The van der Waals surface area contributed by atoms with Gasteiger partial charge in [-0.05, 0) is 50.1 Å². The van der Waals surface area contributed by atoms with E-state index in [2.05, 4.69) is 16.8 Å².